The molecule has 2 heterocycles. The number of anilines is 1. The Morgan fingerprint density at radius 1 is 1.00 bits per heavy atom. The lowest BCUT2D eigenvalue weighted by Crippen LogP contribution is -2.29. The van der Waals surface area contributed by atoms with Crippen LogP contribution >= 0.6 is 11.3 Å². The van der Waals surface area contributed by atoms with Gasteiger partial charge in [0.2, 0.25) is 0 Å². The van der Waals surface area contributed by atoms with E-state index >= 15 is 0 Å². The smallest absolute Gasteiger partial charge is 0.301 e. The Kier molecular flexibility index (Phi) is 5.33. The van der Waals surface area contributed by atoms with Gasteiger partial charge in [0.05, 0.1) is 28.9 Å². The molecule has 0 bridgehead atoms. The molecule has 34 heavy (non-hydrogen) atoms. The number of thiazole rings is 1. The molecular weight excluding hydrogens is 462 g/mol. The number of rotatable bonds is 4. The van der Waals surface area contributed by atoms with E-state index in [-0.39, 0.29) is 16.3 Å². The number of aliphatic hydroxyl groups excluding tert-OH is 1. The molecule has 0 unspecified atom stereocenters. The van der Waals surface area contributed by atoms with Gasteiger partial charge in [-0.05, 0) is 60.2 Å². The van der Waals surface area contributed by atoms with Crippen LogP contribution in [0.2, 0.25) is 0 Å². The highest BCUT2D eigenvalue weighted by atomic mass is 32.1. The number of nitrogens with zero attached hydrogens (tertiary/aromatic N) is 2. The maximum atomic E-state index is 13.7. The Bertz CT molecular complexity index is 1460. The molecule has 6 nitrogen and oxygen atoms in total. The predicted molar refractivity (Wildman–Crippen MR) is 124 cm³/mol. The zero-order valence-corrected chi connectivity index (χ0v) is 18.5. The van der Waals surface area contributed by atoms with Gasteiger partial charge in [-0.25, -0.2) is 13.8 Å². The number of carbonyl (C=O) groups excluding carboxylic acids is 2. The van der Waals surface area contributed by atoms with Crippen molar-refractivity contribution in [1.29, 1.82) is 0 Å². The van der Waals surface area contributed by atoms with Crippen LogP contribution in [0.1, 0.15) is 17.2 Å². The minimum Gasteiger partial charge on any atom is -0.507 e. The van der Waals surface area contributed by atoms with E-state index in [4.69, 9.17) is 4.74 Å². The van der Waals surface area contributed by atoms with Crippen LogP contribution in [0, 0.1) is 11.6 Å². The van der Waals surface area contributed by atoms with Crippen molar-refractivity contribution in [2.75, 3.05) is 12.0 Å². The zero-order chi connectivity index (χ0) is 24.0. The molecule has 4 aromatic rings. The fourth-order valence-corrected chi connectivity index (χ4v) is 4.90. The molecule has 1 fully saturated rings. The fraction of sp³-hybridized carbons (Fsp3) is 0.0800. The molecule has 0 saturated carbocycles. The predicted octanol–water partition coefficient (Wildman–Crippen LogP) is 5.21. The van der Waals surface area contributed by atoms with Gasteiger partial charge in [0.25, 0.3) is 5.78 Å². The summed E-state index contributed by atoms with van der Waals surface area (Å²) in [7, 11) is 1.51. The van der Waals surface area contributed by atoms with Gasteiger partial charge in [-0.15, -0.1) is 0 Å². The lowest BCUT2D eigenvalue weighted by molar-refractivity contribution is -0.132. The molecule has 0 aliphatic carbocycles. The van der Waals surface area contributed by atoms with Gasteiger partial charge in [0, 0.05) is 5.56 Å². The molecular formula is C25H16F2N2O4S. The molecule has 0 radical (unpaired) electrons. The van der Waals surface area contributed by atoms with Crippen molar-refractivity contribution in [2.45, 2.75) is 6.04 Å². The Morgan fingerprint density at radius 2 is 1.68 bits per heavy atom. The van der Waals surface area contributed by atoms with Crippen molar-refractivity contribution >= 4 is 44.1 Å². The minimum absolute atomic E-state index is 0.160. The SMILES string of the molecule is COc1ccc([C@@H]2C(=C(O)c3ccc(F)cc3)C(=O)C(=O)N2c2nc3ccc(F)cc3s2)cc1. The van der Waals surface area contributed by atoms with Gasteiger partial charge in [-0.2, -0.15) is 0 Å². The summed E-state index contributed by atoms with van der Waals surface area (Å²) < 4.78 is 32.8. The Morgan fingerprint density at radius 3 is 2.35 bits per heavy atom. The second-order valence-corrected chi connectivity index (χ2v) is 8.57. The summed E-state index contributed by atoms with van der Waals surface area (Å²) in [5, 5.41) is 11.2. The van der Waals surface area contributed by atoms with E-state index in [1.165, 1.54) is 42.3 Å². The second kappa shape index (κ2) is 8.35. The molecule has 1 aliphatic rings. The molecule has 1 amide bonds. The van der Waals surface area contributed by atoms with Crippen LogP contribution in [-0.4, -0.2) is 28.9 Å². The number of aromatic nitrogens is 1. The monoisotopic (exact) mass is 478 g/mol. The van der Waals surface area contributed by atoms with Crippen LogP contribution in [0.15, 0.2) is 72.3 Å². The van der Waals surface area contributed by atoms with Gasteiger partial charge in [-0.1, -0.05) is 23.5 Å². The van der Waals surface area contributed by atoms with Crippen molar-refractivity contribution in [2.24, 2.45) is 0 Å². The van der Waals surface area contributed by atoms with Gasteiger partial charge < -0.3 is 9.84 Å². The maximum Gasteiger partial charge on any atom is 0.301 e. The van der Waals surface area contributed by atoms with E-state index in [0.717, 1.165) is 23.5 Å². The first kappa shape index (κ1) is 21.7. The van der Waals surface area contributed by atoms with Crippen LogP contribution in [0.5, 0.6) is 5.75 Å². The lowest BCUT2D eigenvalue weighted by atomic mass is 9.95. The molecule has 9 heteroatoms. The molecule has 1 saturated heterocycles. The minimum atomic E-state index is -1.01. The highest BCUT2D eigenvalue weighted by Gasteiger charge is 2.48. The van der Waals surface area contributed by atoms with Crippen molar-refractivity contribution in [3.63, 3.8) is 0 Å². The van der Waals surface area contributed by atoms with Crippen LogP contribution in [0.4, 0.5) is 13.9 Å². The number of amides is 1. The molecule has 3 aromatic carbocycles. The zero-order valence-electron chi connectivity index (χ0n) is 17.7. The number of aliphatic hydroxyl groups is 1. The van der Waals surface area contributed by atoms with Crippen molar-refractivity contribution in [3.05, 3.63) is 95.1 Å². The first-order chi connectivity index (χ1) is 16.4. The van der Waals surface area contributed by atoms with Crippen molar-refractivity contribution in [3.8, 4) is 5.75 Å². The van der Waals surface area contributed by atoms with Gasteiger partial charge in [0.15, 0.2) is 5.13 Å². The normalized spacial score (nSPS) is 17.5. The summed E-state index contributed by atoms with van der Waals surface area (Å²) in [6.45, 7) is 0. The Hall–Kier alpha value is -4.11. The molecule has 170 valence electrons. The highest BCUT2D eigenvalue weighted by molar-refractivity contribution is 7.22. The molecule has 1 atom stereocenters. The standard InChI is InChI=1S/C25H16F2N2O4S/c1-33-17-9-4-13(5-10-17)21-20(22(30)14-2-6-15(26)7-3-14)23(31)24(32)29(21)25-28-18-11-8-16(27)12-19(18)34-25/h2-12,21,30H,1H3/t21-/m1/s1. The molecule has 1 aromatic heterocycles. The van der Waals surface area contributed by atoms with E-state index in [9.17, 15) is 23.5 Å². The van der Waals surface area contributed by atoms with E-state index in [1.807, 2.05) is 0 Å². The highest BCUT2D eigenvalue weighted by Crippen LogP contribution is 2.44. The van der Waals surface area contributed by atoms with E-state index in [2.05, 4.69) is 4.98 Å². The van der Waals surface area contributed by atoms with E-state index in [0.29, 0.717) is 21.5 Å². The number of benzene rings is 3. The number of hydrogen-bond acceptors (Lipinski definition) is 6. The fourth-order valence-electron chi connectivity index (χ4n) is 3.88. The number of carbonyl (C=O) groups is 2. The van der Waals surface area contributed by atoms with Crippen LogP contribution in [0.25, 0.3) is 16.0 Å². The Balaban J connectivity index is 1.72. The number of Topliss-reactive ketones (excluding diaryl/α,β-unsaturated/α-hetero) is 1. The third-order valence-corrected chi connectivity index (χ3v) is 6.56. The van der Waals surface area contributed by atoms with Gasteiger partial charge >= 0.3 is 5.91 Å². The largest absolute Gasteiger partial charge is 0.507 e. The molecule has 5 rings (SSSR count). The van der Waals surface area contributed by atoms with E-state index < -0.39 is 35.1 Å². The molecule has 0 spiro atoms. The third-order valence-electron chi connectivity index (χ3n) is 5.54. The maximum absolute atomic E-state index is 13.7. The number of halogens is 2. The van der Waals surface area contributed by atoms with Crippen LogP contribution < -0.4 is 9.64 Å². The number of ether oxygens (including phenoxy) is 1. The summed E-state index contributed by atoms with van der Waals surface area (Å²) in [5.74, 6) is -2.63. The Labute approximate surface area is 196 Å². The van der Waals surface area contributed by atoms with Crippen LogP contribution in [0.3, 0.4) is 0 Å². The number of ketones is 1. The van der Waals surface area contributed by atoms with Crippen LogP contribution in [-0.2, 0) is 9.59 Å². The van der Waals surface area contributed by atoms with Crippen molar-refractivity contribution < 1.29 is 28.2 Å². The summed E-state index contributed by atoms with van der Waals surface area (Å²) >= 11 is 1.06. The lowest BCUT2D eigenvalue weighted by Gasteiger charge is -2.23. The summed E-state index contributed by atoms with van der Waals surface area (Å²) in [6, 6.07) is 14.7. The molecule has 1 N–H and O–H groups in total. The topological polar surface area (TPSA) is 79.7 Å². The van der Waals surface area contributed by atoms with Crippen molar-refractivity contribution in [1.82, 2.24) is 4.98 Å². The van der Waals surface area contributed by atoms with Gasteiger partial charge in [-0.3, -0.25) is 14.5 Å². The van der Waals surface area contributed by atoms with Gasteiger partial charge in [0.1, 0.15) is 23.1 Å². The second-order valence-electron chi connectivity index (χ2n) is 7.56. The first-order valence-electron chi connectivity index (χ1n) is 10.1. The first-order valence-corrected chi connectivity index (χ1v) is 11.0. The number of fused-ring (bicyclic) bond motifs is 1. The average molecular weight is 478 g/mol. The number of hydrogen-bond donors (Lipinski definition) is 1. The van der Waals surface area contributed by atoms with E-state index in [1.54, 1.807) is 24.3 Å². The summed E-state index contributed by atoms with van der Waals surface area (Å²) in [5.41, 5.74) is 1.01. The summed E-state index contributed by atoms with van der Waals surface area (Å²) in [4.78, 5) is 32.0. The number of methoxy groups -OCH3 is 1. The quantitative estimate of drug-likeness (QED) is 0.248. The third kappa shape index (κ3) is 3.60. The molecule has 1 aliphatic heterocycles. The summed E-state index contributed by atoms with van der Waals surface area (Å²) in [6.07, 6.45) is 0. The average Bonchev–Trinajstić information content (AvgIpc) is 3.37.